The molecule has 2 saturated heterocycles. The minimum absolute atomic E-state index is 0. The first-order chi connectivity index (χ1) is 13.2. The lowest BCUT2D eigenvalue weighted by Crippen LogP contribution is -2.54. The molecule has 1 unspecified atom stereocenters. The predicted molar refractivity (Wildman–Crippen MR) is 128 cm³/mol. The molecule has 1 aromatic heterocycles. The molecule has 0 spiro atoms. The van der Waals surface area contributed by atoms with Gasteiger partial charge in [0, 0.05) is 63.7 Å². The van der Waals surface area contributed by atoms with Crippen molar-refractivity contribution in [3.63, 3.8) is 0 Å². The van der Waals surface area contributed by atoms with Gasteiger partial charge in [0.2, 0.25) is 5.91 Å². The van der Waals surface area contributed by atoms with E-state index in [1.807, 2.05) is 23.3 Å². The Hall–Kier alpha value is -0.870. The maximum absolute atomic E-state index is 12.5. The zero-order chi connectivity index (χ0) is 19.1. The number of piperazine rings is 1. The van der Waals surface area contributed by atoms with Crippen LogP contribution in [0.4, 0.5) is 0 Å². The van der Waals surface area contributed by atoms with Crippen molar-refractivity contribution in [3.8, 4) is 0 Å². The number of amides is 1. The lowest BCUT2D eigenvalue weighted by molar-refractivity contribution is -0.133. The summed E-state index contributed by atoms with van der Waals surface area (Å²) in [4.78, 5) is 25.0. The van der Waals surface area contributed by atoms with Gasteiger partial charge in [-0.1, -0.05) is 13.0 Å². The van der Waals surface area contributed by atoms with Gasteiger partial charge in [0.1, 0.15) is 0 Å². The third-order valence-electron chi connectivity index (χ3n) is 5.55. The van der Waals surface area contributed by atoms with Crippen LogP contribution in [0.3, 0.4) is 0 Å². The van der Waals surface area contributed by atoms with Crippen LogP contribution in [0.5, 0.6) is 0 Å². The number of carbonyl (C=O) groups is 1. The van der Waals surface area contributed by atoms with Gasteiger partial charge in [-0.2, -0.15) is 0 Å². The van der Waals surface area contributed by atoms with Crippen LogP contribution in [-0.2, 0) is 4.79 Å². The van der Waals surface area contributed by atoms with Gasteiger partial charge in [-0.05, 0) is 30.7 Å². The number of nitrogens with zero attached hydrogens (tertiary/aromatic N) is 4. The molecule has 1 amide bonds. The zero-order valence-corrected chi connectivity index (χ0v) is 20.2. The second-order valence-corrected chi connectivity index (χ2v) is 8.53. The zero-order valence-electron chi connectivity index (χ0n) is 17.1. The van der Waals surface area contributed by atoms with E-state index in [0.717, 1.165) is 64.6 Å². The quantitative estimate of drug-likeness (QED) is 0.370. The Labute approximate surface area is 190 Å². The topological polar surface area (TPSA) is 51.2 Å². The van der Waals surface area contributed by atoms with Crippen LogP contribution >= 0.6 is 35.3 Å². The third kappa shape index (κ3) is 6.59. The Morgan fingerprint density at radius 2 is 1.86 bits per heavy atom. The fourth-order valence-electron chi connectivity index (χ4n) is 3.80. The molecule has 0 saturated carbocycles. The summed E-state index contributed by atoms with van der Waals surface area (Å²) in [7, 11) is 1.85. The van der Waals surface area contributed by atoms with Crippen molar-refractivity contribution in [2.24, 2.45) is 4.99 Å². The Morgan fingerprint density at radius 1 is 1.14 bits per heavy atom. The summed E-state index contributed by atoms with van der Waals surface area (Å²) in [5, 5.41) is 5.65. The van der Waals surface area contributed by atoms with Crippen LogP contribution in [0, 0.1) is 0 Å². The number of guanidine groups is 1. The number of aliphatic imine (C=N–C) groups is 1. The fourth-order valence-corrected chi connectivity index (χ4v) is 4.59. The van der Waals surface area contributed by atoms with Gasteiger partial charge < -0.3 is 15.1 Å². The molecule has 2 fully saturated rings. The third-order valence-corrected chi connectivity index (χ3v) is 6.65. The molecule has 2 aliphatic rings. The summed E-state index contributed by atoms with van der Waals surface area (Å²) < 4.78 is 0. The largest absolute Gasteiger partial charge is 0.356 e. The Kier molecular flexibility index (Phi) is 10.0. The highest BCUT2D eigenvalue weighted by Gasteiger charge is 2.24. The van der Waals surface area contributed by atoms with Crippen molar-refractivity contribution in [2.75, 3.05) is 59.4 Å². The first-order valence-electron chi connectivity index (χ1n) is 10.2. The monoisotopic (exact) mass is 519 g/mol. The molecule has 1 N–H and O–H groups in total. The van der Waals surface area contributed by atoms with E-state index in [9.17, 15) is 4.79 Å². The molecule has 28 heavy (non-hydrogen) atoms. The molecule has 2 aliphatic heterocycles. The SMILES string of the molecule is CN=C(NCC(C)c1cccs1)N1CCN(CC(=O)N2CCCCC2)CC1.I. The van der Waals surface area contributed by atoms with Gasteiger partial charge in [-0.15, -0.1) is 35.3 Å². The lowest BCUT2D eigenvalue weighted by atomic mass is 10.1. The van der Waals surface area contributed by atoms with Crippen LogP contribution in [0.1, 0.15) is 37.0 Å². The van der Waals surface area contributed by atoms with E-state index in [1.54, 1.807) is 0 Å². The van der Waals surface area contributed by atoms with E-state index in [1.165, 1.54) is 11.3 Å². The van der Waals surface area contributed by atoms with E-state index < -0.39 is 0 Å². The molecule has 6 nitrogen and oxygen atoms in total. The summed E-state index contributed by atoms with van der Waals surface area (Å²) in [5.41, 5.74) is 0. The first kappa shape index (κ1) is 23.4. The van der Waals surface area contributed by atoms with Gasteiger partial charge in [0.05, 0.1) is 6.54 Å². The number of likely N-dealkylation sites (tertiary alicyclic amines) is 1. The average Bonchev–Trinajstić information content (AvgIpc) is 3.25. The summed E-state index contributed by atoms with van der Waals surface area (Å²) in [6.45, 7) is 9.25. The lowest BCUT2D eigenvalue weighted by Gasteiger charge is -2.37. The van der Waals surface area contributed by atoms with Crippen molar-refractivity contribution in [3.05, 3.63) is 22.4 Å². The number of nitrogens with one attached hydrogen (secondary N) is 1. The molecule has 1 atom stereocenters. The maximum Gasteiger partial charge on any atom is 0.236 e. The highest BCUT2D eigenvalue weighted by Crippen LogP contribution is 2.19. The van der Waals surface area contributed by atoms with E-state index in [2.05, 4.69) is 44.5 Å². The van der Waals surface area contributed by atoms with Gasteiger partial charge in [-0.25, -0.2) is 0 Å². The minimum atomic E-state index is 0. The molecule has 158 valence electrons. The number of thiophene rings is 1. The van der Waals surface area contributed by atoms with Crippen molar-refractivity contribution >= 4 is 47.2 Å². The summed E-state index contributed by atoms with van der Waals surface area (Å²) >= 11 is 1.81. The number of rotatable bonds is 5. The molecule has 0 aromatic carbocycles. The van der Waals surface area contributed by atoms with Crippen LogP contribution in [-0.4, -0.2) is 86.0 Å². The van der Waals surface area contributed by atoms with Gasteiger partial charge >= 0.3 is 0 Å². The standard InChI is InChI=1S/C20H33N5OS.HI/c1-17(18-7-6-14-27-18)15-22-20(21-2)25-12-10-23(11-13-25)16-19(26)24-8-4-3-5-9-24;/h6-7,14,17H,3-5,8-13,15-16H2,1-2H3,(H,21,22);1H. The Balaban J connectivity index is 0.00000280. The molecule has 1 aromatic rings. The summed E-state index contributed by atoms with van der Waals surface area (Å²) in [5.74, 6) is 1.75. The molecular formula is C20H34IN5OS. The minimum Gasteiger partial charge on any atom is -0.356 e. The normalized spacial score (nSPS) is 19.9. The van der Waals surface area contributed by atoms with E-state index in [0.29, 0.717) is 18.4 Å². The average molecular weight is 519 g/mol. The molecule has 3 heterocycles. The second-order valence-electron chi connectivity index (χ2n) is 7.55. The van der Waals surface area contributed by atoms with Crippen LogP contribution in [0.25, 0.3) is 0 Å². The molecule has 3 rings (SSSR count). The highest BCUT2D eigenvalue weighted by molar-refractivity contribution is 14.0. The van der Waals surface area contributed by atoms with Crippen LogP contribution < -0.4 is 5.32 Å². The second kappa shape index (κ2) is 12.0. The van der Waals surface area contributed by atoms with Gasteiger partial charge in [-0.3, -0.25) is 14.7 Å². The van der Waals surface area contributed by atoms with E-state index in [4.69, 9.17) is 0 Å². The number of piperidine rings is 1. The van der Waals surface area contributed by atoms with E-state index >= 15 is 0 Å². The number of hydrogen-bond donors (Lipinski definition) is 1. The Bertz CT molecular complexity index is 610. The highest BCUT2D eigenvalue weighted by atomic mass is 127. The molecule has 8 heteroatoms. The van der Waals surface area contributed by atoms with Crippen molar-refractivity contribution < 1.29 is 4.79 Å². The molecule has 0 radical (unpaired) electrons. The molecule has 0 bridgehead atoms. The summed E-state index contributed by atoms with van der Waals surface area (Å²) in [6.07, 6.45) is 3.58. The maximum atomic E-state index is 12.5. The van der Waals surface area contributed by atoms with Crippen molar-refractivity contribution in [1.29, 1.82) is 0 Å². The smallest absolute Gasteiger partial charge is 0.236 e. The molecule has 0 aliphatic carbocycles. The molecular weight excluding hydrogens is 485 g/mol. The van der Waals surface area contributed by atoms with Crippen molar-refractivity contribution in [2.45, 2.75) is 32.1 Å². The first-order valence-corrected chi connectivity index (χ1v) is 11.0. The van der Waals surface area contributed by atoms with Crippen LogP contribution in [0.15, 0.2) is 22.5 Å². The van der Waals surface area contributed by atoms with Gasteiger partial charge in [0.15, 0.2) is 5.96 Å². The van der Waals surface area contributed by atoms with Crippen molar-refractivity contribution in [1.82, 2.24) is 20.0 Å². The predicted octanol–water partition coefficient (Wildman–Crippen LogP) is 2.68. The van der Waals surface area contributed by atoms with Crippen LogP contribution in [0.2, 0.25) is 0 Å². The summed E-state index contributed by atoms with van der Waals surface area (Å²) in [6, 6.07) is 4.30. The Morgan fingerprint density at radius 3 is 2.46 bits per heavy atom. The van der Waals surface area contributed by atoms with E-state index in [-0.39, 0.29) is 24.0 Å². The number of carbonyl (C=O) groups excluding carboxylic acids is 1. The number of halogens is 1. The van der Waals surface area contributed by atoms with Gasteiger partial charge in [0.25, 0.3) is 0 Å². The fraction of sp³-hybridized carbons (Fsp3) is 0.700. The number of hydrogen-bond acceptors (Lipinski definition) is 4.